The van der Waals surface area contributed by atoms with Crippen LogP contribution in [-0.4, -0.2) is 25.7 Å². The predicted octanol–water partition coefficient (Wildman–Crippen LogP) is 1.74. The Balaban J connectivity index is 1.42. The molecule has 130 valence electrons. The van der Waals surface area contributed by atoms with Crippen LogP contribution in [0.5, 0.6) is 0 Å². The molecule has 0 aliphatic heterocycles. The van der Waals surface area contributed by atoms with E-state index in [1.165, 1.54) is 12.6 Å². The Bertz CT molecular complexity index is 1110. The molecule has 0 radical (unpaired) electrons. The van der Waals surface area contributed by atoms with Gasteiger partial charge in [-0.05, 0) is 24.3 Å². The number of nitrogens with zero attached hydrogens (tertiary/aromatic N) is 4. The van der Waals surface area contributed by atoms with E-state index in [9.17, 15) is 9.59 Å². The number of carbonyl (C=O) groups is 1. The minimum Gasteiger partial charge on any atom is -0.461 e. The highest BCUT2D eigenvalue weighted by Gasteiger charge is 2.13. The van der Waals surface area contributed by atoms with Gasteiger partial charge in [0.2, 0.25) is 17.6 Å². The standard InChI is InChI=1S/C17H13N5O4/c23-14(7-8-15-19-16(21-26-15)13-6-3-9-25-13)20-22-10-18-12-5-2-1-4-11(12)17(22)24/h1-6,9-10H,7-8H2,(H,20,23). The quantitative estimate of drug-likeness (QED) is 0.582. The second kappa shape index (κ2) is 6.63. The molecule has 1 amide bonds. The van der Waals surface area contributed by atoms with Gasteiger partial charge in [0, 0.05) is 12.8 Å². The molecular weight excluding hydrogens is 338 g/mol. The number of rotatable bonds is 5. The zero-order chi connectivity index (χ0) is 17.9. The van der Waals surface area contributed by atoms with Gasteiger partial charge in [-0.2, -0.15) is 4.98 Å². The lowest BCUT2D eigenvalue weighted by molar-refractivity contribution is -0.117. The maximum absolute atomic E-state index is 12.3. The van der Waals surface area contributed by atoms with Gasteiger partial charge in [0.05, 0.1) is 17.2 Å². The summed E-state index contributed by atoms with van der Waals surface area (Å²) < 4.78 is 11.3. The Morgan fingerprint density at radius 2 is 2.08 bits per heavy atom. The first kappa shape index (κ1) is 15.8. The summed E-state index contributed by atoms with van der Waals surface area (Å²) in [6.07, 6.45) is 3.09. The van der Waals surface area contributed by atoms with Gasteiger partial charge >= 0.3 is 0 Å². The number of aryl methyl sites for hydroxylation is 1. The van der Waals surface area contributed by atoms with Gasteiger partial charge in [0.25, 0.3) is 5.56 Å². The van der Waals surface area contributed by atoms with Gasteiger partial charge in [-0.3, -0.25) is 15.0 Å². The van der Waals surface area contributed by atoms with E-state index in [0.29, 0.717) is 28.4 Å². The summed E-state index contributed by atoms with van der Waals surface area (Å²) in [6, 6.07) is 10.3. The van der Waals surface area contributed by atoms with Crippen LogP contribution in [0.1, 0.15) is 12.3 Å². The van der Waals surface area contributed by atoms with Crippen LogP contribution in [-0.2, 0) is 11.2 Å². The Hall–Kier alpha value is -3.75. The number of nitrogens with one attached hydrogen (secondary N) is 1. The Morgan fingerprint density at radius 1 is 1.19 bits per heavy atom. The Kier molecular flexibility index (Phi) is 4.02. The summed E-state index contributed by atoms with van der Waals surface area (Å²) in [5.41, 5.74) is 2.72. The fourth-order valence-electron chi connectivity index (χ4n) is 2.42. The molecule has 9 heteroatoms. The third kappa shape index (κ3) is 3.09. The van der Waals surface area contributed by atoms with E-state index in [1.54, 1.807) is 36.4 Å². The fraction of sp³-hybridized carbons (Fsp3) is 0.118. The summed E-state index contributed by atoms with van der Waals surface area (Å²) in [7, 11) is 0. The van der Waals surface area contributed by atoms with Crippen molar-refractivity contribution in [3.8, 4) is 11.6 Å². The van der Waals surface area contributed by atoms with Crippen LogP contribution < -0.4 is 11.0 Å². The van der Waals surface area contributed by atoms with E-state index < -0.39 is 0 Å². The normalized spacial score (nSPS) is 10.9. The SMILES string of the molecule is O=C(CCc1nc(-c2ccco2)no1)Nn1cnc2ccccc2c1=O. The Labute approximate surface area is 146 Å². The van der Waals surface area contributed by atoms with E-state index in [4.69, 9.17) is 8.94 Å². The first-order chi connectivity index (χ1) is 12.7. The third-order valence-electron chi connectivity index (χ3n) is 3.69. The van der Waals surface area contributed by atoms with Crippen molar-refractivity contribution in [1.82, 2.24) is 19.8 Å². The zero-order valence-corrected chi connectivity index (χ0v) is 13.5. The second-order valence-electron chi connectivity index (χ2n) is 5.46. The van der Waals surface area contributed by atoms with Crippen LogP contribution in [0, 0.1) is 0 Å². The first-order valence-electron chi connectivity index (χ1n) is 7.83. The van der Waals surface area contributed by atoms with Crippen LogP contribution in [0.4, 0.5) is 0 Å². The molecule has 0 spiro atoms. The molecule has 4 rings (SSSR count). The molecule has 0 aliphatic rings. The number of hydrogen-bond acceptors (Lipinski definition) is 7. The molecule has 1 N–H and O–H groups in total. The molecule has 9 nitrogen and oxygen atoms in total. The van der Waals surface area contributed by atoms with E-state index in [1.807, 2.05) is 0 Å². The number of amides is 1. The molecule has 0 bridgehead atoms. The summed E-state index contributed by atoms with van der Waals surface area (Å²) in [5.74, 6) is 0.732. The lowest BCUT2D eigenvalue weighted by atomic mass is 10.2. The van der Waals surface area contributed by atoms with Crippen molar-refractivity contribution in [2.75, 3.05) is 5.43 Å². The van der Waals surface area contributed by atoms with E-state index in [2.05, 4.69) is 20.6 Å². The Morgan fingerprint density at radius 3 is 2.92 bits per heavy atom. The van der Waals surface area contributed by atoms with Crippen molar-refractivity contribution >= 4 is 16.8 Å². The topological polar surface area (TPSA) is 116 Å². The van der Waals surface area contributed by atoms with Crippen molar-refractivity contribution in [2.45, 2.75) is 12.8 Å². The largest absolute Gasteiger partial charge is 0.461 e. The zero-order valence-electron chi connectivity index (χ0n) is 13.5. The van der Waals surface area contributed by atoms with Gasteiger partial charge in [-0.15, -0.1) is 0 Å². The highest BCUT2D eigenvalue weighted by atomic mass is 16.5. The van der Waals surface area contributed by atoms with Crippen molar-refractivity contribution in [3.05, 3.63) is 65.2 Å². The van der Waals surface area contributed by atoms with Gasteiger partial charge < -0.3 is 8.94 Å². The fourth-order valence-corrected chi connectivity index (χ4v) is 2.42. The average Bonchev–Trinajstić information content (AvgIpc) is 3.34. The highest BCUT2D eigenvalue weighted by Crippen LogP contribution is 2.16. The lowest BCUT2D eigenvalue weighted by Gasteiger charge is -2.07. The monoisotopic (exact) mass is 351 g/mol. The molecule has 0 saturated carbocycles. The number of benzene rings is 1. The van der Waals surface area contributed by atoms with Gasteiger partial charge in [0.1, 0.15) is 6.33 Å². The molecule has 4 aromatic rings. The number of para-hydroxylation sites is 1. The molecular formula is C17H13N5O4. The van der Waals surface area contributed by atoms with E-state index in [-0.39, 0.29) is 24.3 Å². The molecule has 0 fully saturated rings. The van der Waals surface area contributed by atoms with Gasteiger partial charge in [-0.1, -0.05) is 17.3 Å². The second-order valence-corrected chi connectivity index (χ2v) is 5.46. The number of fused-ring (bicyclic) bond motifs is 1. The van der Waals surface area contributed by atoms with Gasteiger partial charge in [-0.25, -0.2) is 9.66 Å². The minimum absolute atomic E-state index is 0.0685. The molecule has 0 saturated heterocycles. The molecule has 0 aliphatic carbocycles. The highest BCUT2D eigenvalue weighted by molar-refractivity contribution is 5.84. The molecule has 0 unspecified atom stereocenters. The number of aromatic nitrogens is 4. The molecule has 26 heavy (non-hydrogen) atoms. The van der Waals surface area contributed by atoms with Crippen LogP contribution in [0.3, 0.4) is 0 Å². The van der Waals surface area contributed by atoms with Crippen LogP contribution in [0.15, 0.2) is 62.7 Å². The number of hydrogen-bond donors (Lipinski definition) is 1. The smallest absolute Gasteiger partial charge is 0.280 e. The molecule has 3 aromatic heterocycles. The summed E-state index contributed by atoms with van der Waals surface area (Å²) >= 11 is 0. The molecule has 1 aromatic carbocycles. The molecule has 3 heterocycles. The third-order valence-corrected chi connectivity index (χ3v) is 3.69. The van der Waals surface area contributed by atoms with Gasteiger partial charge in [0.15, 0.2) is 5.76 Å². The number of furan rings is 1. The van der Waals surface area contributed by atoms with E-state index >= 15 is 0 Å². The summed E-state index contributed by atoms with van der Waals surface area (Å²) in [4.78, 5) is 32.7. The summed E-state index contributed by atoms with van der Waals surface area (Å²) in [5, 5.41) is 4.22. The average molecular weight is 351 g/mol. The van der Waals surface area contributed by atoms with Crippen LogP contribution in [0.2, 0.25) is 0 Å². The minimum atomic E-state index is -0.373. The maximum Gasteiger partial charge on any atom is 0.280 e. The van der Waals surface area contributed by atoms with Crippen molar-refractivity contribution < 1.29 is 13.7 Å². The maximum atomic E-state index is 12.3. The van der Waals surface area contributed by atoms with Crippen LogP contribution in [0.25, 0.3) is 22.5 Å². The van der Waals surface area contributed by atoms with Crippen LogP contribution >= 0.6 is 0 Å². The first-order valence-corrected chi connectivity index (χ1v) is 7.83. The van der Waals surface area contributed by atoms with E-state index in [0.717, 1.165) is 4.68 Å². The molecule has 0 atom stereocenters. The predicted molar refractivity (Wildman–Crippen MR) is 90.7 cm³/mol. The number of carbonyl (C=O) groups excluding carboxylic acids is 1. The van der Waals surface area contributed by atoms with Crippen molar-refractivity contribution in [2.24, 2.45) is 0 Å². The van der Waals surface area contributed by atoms with Crippen molar-refractivity contribution in [3.63, 3.8) is 0 Å². The lowest BCUT2D eigenvalue weighted by Crippen LogP contribution is -2.33. The van der Waals surface area contributed by atoms with Crippen molar-refractivity contribution in [1.29, 1.82) is 0 Å². The summed E-state index contributed by atoms with van der Waals surface area (Å²) in [6.45, 7) is 0.